The van der Waals surface area contributed by atoms with E-state index in [1.54, 1.807) is 24.6 Å². The van der Waals surface area contributed by atoms with Crippen LogP contribution >= 0.6 is 11.3 Å². The minimum Gasteiger partial charge on any atom is -0.328 e. The van der Waals surface area contributed by atoms with Gasteiger partial charge in [0.05, 0.1) is 23.8 Å². The monoisotopic (exact) mass is 340 g/mol. The summed E-state index contributed by atoms with van der Waals surface area (Å²) in [5.41, 5.74) is 1.13. The van der Waals surface area contributed by atoms with Gasteiger partial charge in [-0.2, -0.15) is 0 Å². The van der Waals surface area contributed by atoms with E-state index in [-0.39, 0.29) is 11.8 Å². The Kier molecular flexibility index (Phi) is 4.62. The molecule has 0 fully saturated rings. The zero-order valence-electron chi connectivity index (χ0n) is 12.5. The highest BCUT2D eigenvalue weighted by Gasteiger charge is 2.26. The SMILES string of the molecule is CCS(=O)(=O)NCC1CN(Cc2cccs2)Cc2cncn21. The first-order valence-electron chi connectivity index (χ1n) is 7.30. The van der Waals surface area contributed by atoms with Crippen LogP contribution in [0, 0.1) is 0 Å². The van der Waals surface area contributed by atoms with Gasteiger partial charge in [-0.05, 0) is 18.4 Å². The molecule has 0 aliphatic carbocycles. The van der Waals surface area contributed by atoms with Gasteiger partial charge in [-0.1, -0.05) is 6.07 Å². The maximum Gasteiger partial charge on any atom is 0.211 e. The molecular formula is C14H20N4O2S2. The number of nitrogens with one attached hydrogen (secondary N) is 1. The average molecular weight is 340 g/mol. The van der Waals surface area contributed by atoms with Crippen molar-refractivity contribution in [3.8, 4) is 0 Å². The third-order valence-corrected chi connectivity index (χ3v) is 6.10. The fourth-order valence-corrected chi connectivity index (χ4v) is 4.09. The molecule has 0 aromatic carbocycles. The Bertz CT molecular complexity index is 709. The lowest BCUT2D eigenvalue weighted by Crippen LogP contribution is -2.42. The van der Waals surface area contributed by atoms with Crippen molar-refractivity contribution in [1.82, 2.24) is 19.2 Å². The van der Waals surface area contributed by atoms with Crippen LogP contribution in [0.2, 0.25) is 0 Å². The Morgan fingerprint density at radius 2 is 2.36 bits per heavy atom. The highest BCUT2D eigenvalue weighted by atomic mass is 32.2. The van der Waals surface area contributed by atoms with E-state index in [0.717, 1.165) is 25.3 Å². The van der Waals surface area contributed by atoms with Crippen molar-refractivity contribution in [2.24, 2.45) is 0 Å². The van der Waals surface area contributed by atoms with Gasteiger partial charge in [0, 0.05) is 37.3 Å². The van der Waals surface area contributed by atoms with Crippen molar-refractivity contribution in [1.29, 1.82) is 0 Å². The molecule has 1 N–H and O–H groups in total. The van der Waals surface area contributed by atoms with Gasteiger partial charge in [0.2, 0.25) is 10.0 Å². The summed E-state index contributed by atoms with van der Waals surface area (Å²) in [6.07, 6.45) is 3.66. The van der Waals surface area contributed by atoms with E-state index in [1.165, 1.54) is 4.88 Å². The third-order valence-electron chi connectivity index (χ3n) is 3.87. The first kappa shape index (κ1) is 15.7. The number of aromatic nitrogens is 2. The molecule has 1 aliphatic heterocycles. The summed E-state index contributed by atoms with van der Waals surface area (Å²) in [5, 5.41) is 2.08. The zero-order chi connectivity index (χ0) is 15.6. The summed E-state index contributed by atoms with van der Waals surface area (Å²) in [7, 11) is -3.17. The standard InChI is InChI=1S/C14H20N4O2S2/c1-2-22(19,20)16-7-13-9-17(10-14-4-3-5-21-14)8-12-6-15-11-18(12)13/h3-6,11,13,16H,2,7-10H2,1H3. The van der Waals surface area contributed by atoms with Gasteiger partial charge in [0.25, 0.3) is 0 Å². The lowest BCUT2D eigenvalue weighted by atomic mass is 10.2. The van der Waals surface area contributed by atoms with E-state index in [4.69, 9.17) is 0 Å². The van der Waals surface area contributed by atoms with E-state index < -0.39 is 10.0 Å². The van der Waals surface area contributed by atoms with Crippen LogP contribution < -0.4 is 4.72 Å². The van der Waals surface area contributed by atoms with Crippen molar-refractivity contribution in [3.63, 3.8) is 0 Å². The van der Waals surface area contributed by atoms with Crippen molar-refractivity contribution >= 4 is 21.4 Å². The molecule has 3 heterocycles. The molecule has 2 aromatic rings. The van der Waals surface area contributed by atoms with Crippen molar-refractivity contribution in [3.05, 3.63) is 40.6 Å². The second-order valence-electron chi connectivity index (χ2n) is 5.45. The van der Waals surface area contributed by atoms with Crippen LogP contribution in [0.1, 0.15) is 23.5 Å². The highest BCUT2D eigenvalue weighted by Crippen LogP contribution is 2.23. The maximum atomic E-state index is 11.7. The molecule has 8 heteroatoms. The van der Waals surface area contributed by atoms with Crippen molar-refractivity contribution in [2.75, 3.05) is 18.8 Å². The van der Waals surface area contributed by atoms with Crippen LogP contribution in [0.4, 0.5) is 0 Å². The van der Waals surface area contributed by atoms with Crippen LogP contribution in [0.3, 0.4) is 0 Å². The van der Waals surface area contributed by atoms with Gasteiger partial charge in [0.1, 0.15) is 0 Å². The molecule has 1 aliphatic rings. The topological polar surface area (TPSA) is 67.2 Å². The zero-order valence-corrected chi connectivity index (χ0v) is 14.1. The minimum atomic E-state index is -3.17. The van der Waals surface area contributed by atoms with Crippen LogP contribution in [-0.2, 0) is 23.1 Å². The predicted molar refractivity (Wildman–Crippen MR) is 87.2 cm³/mol. The molecule has 1 atom stereocenters. The molecule has 0 amide bonds. The molecule has 0 saturated heterocycles. The first-order valence-corrected chi connectivity index (χ1v) is 9.83. The van der Waals surface area contributed by atoms with Gasteiger partial charge in [-0.25, -0.2) is 18.1 Å². The fourth-order valence-electron chi connectivity index (χ4n) is 2.69. The van der Waals surface area contributed by atoms with E-state index in [9.17, 15) is 8.42 Å². The summed E-state index contributed by atoms with van der Waals surface area (Å²) in [6, 6.07) is 4.26. The van der Waals surface area contributed by atoms with Crippen LogP contribution in [-0.4, -0.2) is 41.7 Å². The molecule has 0 saturated carbocycles. The molecule has 3 rings (SSSR count). The molecule has 120 valence electrons. The smallest absolute Gasteiger partial charge is 0.211 e. The maximum absolute atomic E-state index is 11.7. The lowest BCUT2D eigenvalue weighted by Gasteiger charge is -2.34. The van der Waals surface area contributed by atoms with Crippen LogP contribution in [0.15, 0.2) is 30.0 Å². The molecule has 1 unspecified atom stereocenters. The van der Waals surface area contributed by atoms with Crippen LogP contribution in [0.5, 0.6) is 0 Å². The molecule has 2 aromatic heterocycles. The number of thiophene rings is 1. The van der Waals surface area contributed by atoms with Crippen molar-refractivity contribution in [2.45, 2.75) is 26.1 Å². The van der Waals surface area contributed by atoms with Gasteiger partial charge in [0.15, 0.2) is 0 Å². The molecule has 0 spiro atoms. The molecule has 6 nitrogen and oxygen atoms in total. The fraction of sp³-hybridized carbons (Fsp3) is 0.500. The predicted octanol–water partition coefficient (Wildman–Crippen LogP) is 1.44. The van der Waals surface area contributed by atoms with E-state index in [1.807, 2.05) is 6.20 Å². The van der Waals surface area contributed by atoms with Gasteiger partial charge in [-0.3, -0.25) is 4.90 Å². The number of fused-ring (bicyclic) bond motifs is 1. The number of hydrogen-bond donors (Lipinski definition) is 1. The number of nitrogens with zero attached hydrogens (tertiary/aromatic N) is 3. The highest BCUT2D eigenvalue weighted by molar-refractivity contribution is 7.89. The van der Waals surface area contributed by atoms with E-state index >= 15 is 0 Å². The average Bonchev–Trinajstić information content (AvgIpc) is 3.16. The molecule has 0 bridgehead atoms. The van der Waals surface area contributed by atoms with Gasteiger partial charge in [-0.15, -0.1) is 11.3 Å². The van der Waals surface area contributed by atoms with Crippen molar-refractivity contribution < 1.29 is 8.42 Å². The Hall–Kier alpha value is -1.22. The molecule has 22 heavy (non-hydrogen) atoms. The van der Waals surface area contributed by atoms with E-state index in [2.05, 4.69) is 36.7 Å². The first-order chi connectivity index (χ1) is 10.6. The minimum absolute atomic E-state index is 0.0764. The normalized spacial score (nSPS) is 19.2. The third kappa shape index (κ3) is 3.57. The lowest BCUT2D eigenvalue weighted by molar-refractivity contribution is 0.179. The number of rotatable bonds is 6. The number of sulfonamides is 1. The Morgan fingerprint density at radius 3 is 3.09 bits per heavy atom. The summed E-state index contributed by atoms with van der Waals surface area (Å²) < 4.78 is 28.1. The Balaban J connectivity index is 1.72. The molecular weight excluding hydrogens is 320 g/mol. The van der Waals surface area contributed by atoms with Gasteiger partial charge >= 0.3 is 0 Å². The summed E-state index contributed by atoms with van der Waals surface area (Å²) in [5.74, 6) is 0.107. The summed E-state index contributed by atoms with van der Waals surface area (Å²) >= 11 is 1.75. The number of imidazole rings is 1. The Morgan fingerprint density at radius 1 is 1.50 bits per heavy atom. The van der Waals surface area contributed by atoms with Crippen LogP contribution in [0.25, 0.3) is 0 Å². The second-order valence-corrected chi connectivity index (χ2v) is 8.57. The summed E-state index contributed by atoms with van der Waals surface area (Å²) in [4.78, 5) is 7.87. The second kappa shape index (κ2) is 6.49. The quantitative estimate of drug-likeness (QED) is 0.864. The number of hydrogen-bond acceptors (Lipinski definition) is 5. The van der Waals surface area contributed by atoms with Gasteiger partial charge < -0.3 is 4.57 Å². The summed E-state index contributed by atoms with van der Waals surface area (Å²) in [6.45, 7) is 4.59. The molecule has 0 radical (unpaired) electrons. The Labute approximate surface area is 134 Å². The largest absolute Gasteiger partial charge is 0.328 e. The van der Waals surface area contributed by atoms with E-state index in [0.29, 0.717) is 6.54 Å².